The van der Waals surface area contributed by atoms with Crippen molar-refractivity contribution in [2.45, 2.75) is 6.92 Å². The van der Waals surface area contributed by atoms with Crippen LogP contribution >= 0.6 is 0 Å². The molecule has 3 nitrogen and oxygen atoms in total. The molecule has 3 aromatic heterocycles. The van der Waals surface area contributed by atoms with Crippen LogP contribution in [-0.4, -0.2) is 14.1 Å². The maximum Gasteiger partial charge on any atom is 0.137 e. The largest absolute Gasteiger partial charge is 0.309 e. The Morgan fingerprint density at radius 2 is 1.29 bits per heavy atom. The summed E-state index contributed by atoms with van der Waals surface area (Å²) in [4.78, 5) is 4.83. The van der Waals surface area contributed by atoms with Crippen molar-refractivity contribution in [3.63, 3.8) is 0 Å². The third-order valence-electron chi connectivity index (χ3n) is 8.28. The molecule has 0 bridgehead atoms. The first-order valence-electron chi connectivity index (χ1n) is 14.0. The van der Waals surface area contributed by atoms with Crippen LogP contribution in [0.2, 0.25) is 0 Å². The molecule has 0 aliphatic heterocycles. The molecule has 0 radical (unpaired) electrons. The van der Waals surface area contributed by atoms with E-state index >= 15 is 0 Å². The number of pyridine rings is 1. The lowest BCUT2D eigenvalue weighted by Crippen LogP contribution is -2.02. The lowest BCUT2D eigenvalue weighted by atomic mass is 9.91. The molecule has 1 aliphatic carbocycles. The minimum absolute atomic E-state index is 0.905. The van der Waals surface area contributed by atoms with Crippen molar-refractivity contribution in [2.24, 2.45) is 0 Å². The van der Waals surface area contributed by atoms with Crippen molar-refractivity contribution in [2.75, 3.05) is 0 Å². The molecular formula is C38H27N3. The normalized spacial score (nSPS) is 13.1. The topological polar surface area (TPSA) is 22.8 Å². The first-order chi connectivity index (χ1) is 20.3. The van der Waals surface area contributed by atoms with E-state index in [1.807, 2.05) is 18.3 Å². The van der Waals surface area contributed by atoms with Crippen LogP contribution in [0.1, 0.15) is 16.8 Å². The van der Waals surface area contributed by atoms with Gasteiger partial charge in [-0.15, -0.1) is 0 Å². The van der Waals surface area contributed by atoms with Gasteiger partial charge in [0, 0.05) is 39.5 Å². The predicted molar refractivity (Wildman–Crippen MR) is 171 cm³/mol. The Morgan fingerprint density at radius 1 is 0.634 bits per heavy atom. The van der Waals surface area contributed by atoms with E-state index in [-0.39, 0.29) is 0 Å². The molecular weight excluding hydrogens is 498 g/mol. The van der Waals surface area contributed by atoms with Crippen molar-refractivity contribution in [1.29, 1.82) is 0 Å². The average molecular weight is 526 g/mol. The Hall–Kier alpha value is -5.41. The van der Waals surface area contributed by atoms with Crippen LogP contribution in [0.5, 0.6) is 0 Å². The first-order valence-corrected chi connectivity index (χ1v) is 14.0. The van der Waals surface area contributed by atoms with Crippen molar-refractivity contribution >= 4 is 27.4 Å². The van der Waals surface area contributed by atoms with Gasteiger partial charge in [-0.1, -0.05) is 97.6 Å². The summed E-state index contributed by atoms with van der Waals surface area (Å²) in [6.07, 6.45) is 5.96. The summed E-state index contributed by atoms with van der Waals surface area (Å²) in [6.45, 7) is 6.37. The van der Waals surface area contributed by atoms with E-state index < -0.39 is 0 Å². The molecule has 41 heavy (non-hydrogen) atoms. The van der Waals surface area contributed by atoms with Gasteiger partial charge < -0.3 is 4.57 Å². The van der Waals surface area contributed by atoms with E-state index in [0.717, 1.165) is 28.5 Å². The standard InChI is InChI=1S/C38H27N3/c1-3-14-28-29-19-12-21-31-35(29)36-30(20-13-22-32(36)41(31)27-17-8-5-9-18-27)37-34(28)25(2)40(33-23-10-11-24-39-33)38(37)26-15-6-4-7-16-26/h3-24H,1H2,2H3/b28-14-. The third kappa shape index (κ3) is 3.30. The molecule has 0 amide bonds. The Labute approximate surface area is 239 Å². The maximum atomic E-state index is 4.83. The van der Waals surface area contributed by atoms with E-state index in [0.29, 0.717) is 0 Å². The number of hydrogen-bond donors (Lipinski definition) is 0. The number of nitrogens with zero attached hydrogens (tertiary/aromatic N) is 3. The van der Waals surface area contributed by atoms with Crippen LogP contribution < -0.4 is 0 Å². The lowest BCUT2D eigenvalue weighted by Gasteiger charge is -2.14. The molecule has 4 aromatic carbocycles. The molecule has 0 N–H and O–H groups in total. The maximum absolute atomic E-state index is 4.83. The molecule has 0 saturated heterocycles. The summed E-state index contributed by atoms with van der Waals surface area (Å²) < 4.78 is 4.73. The minimum atomic E-state index is 0.905. The van der Waals surface area contributed by atoms with Gasteiger partial charge in [0.2, 0.25) is 0 Å². The minimum Gasteiger partial charge on any atom is -0.309 e. The zero-order valence-electron chi connectivity index (χ0n) is 22.8. The number of aromatic nitrogens is 3. The van der Waals surface area contributed by atoms with Crippen LogP contribution in [0.25, 0.3) is 61.3 Å². The van der Waals surface area contributed by atoms with Crippen molar-refractivity contribution < 1.29 is 0 Å². The van der Waals surface area contributed by atoms with Gasteiger partial charge in [-0.05, 0) is 65.6 Å². The van der Waals surface area contributed by atoms with Crippen LogP contribution in [0.4, 0.5) is 0 Å². The summed E-state index contributed by atoms with van der Waals surface area (Å²) in [5.74, 6) is 0.905. The van der Waals surface area contributed by atoms with Crippen LogP contribution in [0.3, 0.4) is 0 Å². The summed E-state index contributed by atoms with van der Waals surface area (Å²) in [5, 5.41) is 2.54. The molecule has 194 valence electrons. The van der Waals surface area contributed by atoms with Crippen molar-refractivity contribution in [3.05, 3.63) is 157 Å². The molecule has 3 heteroatoms. The molecule has 0 saturated carbocycles. The molecule has 3 heterocycles. The highest BCUT2D eigenvalue weighted by Gasteiger charge is 2.32. The third-order valence-corrected chi connectivity index (χ3v) is 8.28. The molecule has 0 unspecified atom stereocenters. The highest BCUT2D eigenvalue weighted by molar-refractivity contribution is 6.24. The average Bonchev–Trinajstić information content (AvgIpc) is 3.49. The van der Waals surface area contributed by atoms with Crippen LogP contribution in [0, 0.1) is 6.92 Å². The van der Waals surface area contributed by atoms with Crippen molar-refractivity contribution in [3.8, 4) is 33.9 Å². The van der Waals surface area contributed by atoms with Crippen molar-refractivity contribution in [1.82, 2.24) is 14.1 Å². The summed E-state index contributed by atoms with van der Waals surface area (Å²) in [5.41, 5.74) is 13.1. The highest BCUT2D eigenvalue weighted by Crippen LogP contribution is 2.52. The number of para-hydroxylation sites is 1. The second-order valence-corrected chi connectivity index (χ2v) is 10.5. The summed E-state index contributed by atoms with van der Waals surface area (Å²) in [6, 6.07) is 40.9. The Bertz CT molecular complexity index is 2140. The number of benzene rings is 4. The van der Waals surface area contributed by atoms with Gasteiger partial charge >= 0.3 is 0 Å². The van der Waals surface area contributed by atoms with Gasteiger partial charge in [0.1, 0.15) is 5.82 Å². The van der Waals surface area contributed by atoms with Gasteiger partial charge in [-0.25, -0.2) is 4.98 Å². The van der Waals surface area contributed by atoms with Crippen LogP contribution in [-0.2, 0) is 0 Å². The number of allylic oxidation sites excluding steroid dienone is 2. The zero-order chi connectivity index (χ0) is 27.5. The molecule has 8 rings (SSSR count). The summed E-state index contributed by atoms with van der Waals surface area (Å²) in [7, 11) is 0. The van der Waals surface area contributed by atoms with Gasteiger partial charge in [-0.3, -0.25) is 4.57 Å². The van der Waals surface area contributed by atoms with E-state index in [1.54, 1.807) is 0 Å². The Morgan fingerprint density at radius 3 is 1.98 bits per heavy atom. The number of rotatable bonds is 4. The van der Waals surface area contributed by atoms with E-state index in [9.17, 15) is 0 Å². The molecule has 0 fully saturated rings. The highest BCUT2D eigenvalue weighted by atomic mass is 15.1. The second kappa shape index (κ2) is 9.07. The van der Waals surface area contributed by atoms with E-state index in [2.05, 4.69) is 138 Å². The fourth-order valence-electron chi connectivity index (χ4n) is 6.75. The molecule has 0 atom stereocenters. The van der Waals surface area contributed by atoms with Gasteiger partial charge in [-0.2, -0.15) is 0 Å². The first kappa shape index (κ1) is 23.5. The number of fused-ring (bicyclic) bond motifs is 2. The second-order valence-electron chi connectivity index (χ2n) is 10.5. The molecule has 1 aliphatic rings. The van der Waals surface area contributed by atoms with E-state index in [1.165, 1.54) is 49.6 Å². The zero-order valence-corrected chi connectivity index (χ0v) is 22.8. The Kier molecular flexibility index (Phi) is 5.19. The lowest BCUT2D eigenvalue weighted by molar-refractivity contribution is 0.966. The van der Waals surface area contributed by atoms with Crippen LogP contribution in [0.15, 0.2) is 140 Å². The van der Waals surface area contributed by atoms with Gasteiger partial charge in [0.05, 0.1) is 16.7 Å². The smallest absolute Gasteiger partial charge is 0.137 e. The fraction of sp³-hybridized carbons (Fsp3) is 0.0263. The predicted octanol–water partition coefficient (Wildman–Crippen LogP) is 9.54. The molecule has 0 spiro atoms. The fourth-order valence-corrected chi connectivity index (χ4v) is 6.75. The quantitative estimate of drug-likeness (QED) is 0.224. The van der Waals surface area contributed by atoms with E-state index in [4.69, 9.17) is 4.98 Å². The van der Waals surface area contributed by atoms with Gasteiger partial charge in [0.25, 0.3) is 0 Å². The molecule has 7 aromatic rings. The van der Waals surface area contributed by atoms with Gasteiger partial charge in [0.15, 0.2) is 0 Å². The monoisotopic (exact) mass is 525 g/mol. The summed E-state index contributed by atoms with van der Waals surface area (Å²) >= 11 is 0. The number of hydrogen-bond acceptors (Lipinski definition) is 1. The Balaban J connectivity index is 1.63. The SMILES string of the molecule is C=C/C=C1\c2c(c(-c3ccccc3)n(-c3ccccn3)c2C)-c2cccc3c2c2c1cccc2n3-c1ccccc1.